The van der Waals surface area contributed by atoms with E-state index in [1.165, 1.54) is 0 Å². The van der Waals surface area contributed by atoms with E-state index in [4.69, 9.17) is 4.74 Å². The van der Waals surface area contributed by atoms with Crippen molar-refractivity contribution < 1.29 is 14.3 Å². The third-order valence-electron chi connectivity index (χ3n) is 3.23. The van der Waals surface area contributed by atoms with Gasteiger partial charge in [0.25, 0.3) is 0 Å². The second kappa shape index (κ2) is 5.83. The molecule has 0 aromatic heterocycles. The molecule has 0 aromatic carbocycles. The molecule has 0 amide bonds. The molecule has 1 fully saturated rings. The zero-order valence-corrected chi connectivity index (χ0v) is 9.96. The molecule has 90 valence electrons. The normalized spacial score (nSPS) is 25.2. The molecule has 3 nitrogen and oxygen atoms in total. The zero-order valence-electron chi connectivity index (χ0n) is 9.96. The maximum absolute atomic E-state index is 12.0. The van der Waals surface area contributed by atoms with Crippen LogP contribution in [0.15, 0.2) is 12.7 Å². The van der Waals surface area contributed by atoms with E-state index in [1.807, 2.05) is 0 Å². The minimum absolute atomic E-state index is 0.0547. The van der Waals surface area contributed by atoms with E-state index in [0.717, 1.165) is 12.8 Å². The van der Waals surface area contributed by atoms with Crippen LogP contribution in [0.1, 0.15) is 45.4 Å². The van der Waals surface area contributed by atoms with E-state index >= 15 is 0 Å². The van der Waals surface area contributed by atoms with Crippen LogP contribution in [0.25, 0.3) is 0 Å². The van der Waals surface area contributed by atoms with Gasteiger partial charge in [0.1, 0.15) is 11.2 Å². The average molecular weight is 224 g/mol. The molecule has 0 aliphatic heterocycles. The highest BCUT2D eigenvalue weighted by Gasteiger charge is 2.46. The first-order valence-electron chi connectivity index (χ1n) is 5.99. The molecule has 1 aliphatic rings. The van der Waals surface area contributed by atoms with Crippen LogP contribution < -0.4 is 0 Å². The Bertz CT molecular complexity index is 283. The molecular formula is C13H20O3. The molecule has 0 heterocycles. The summed E-state index contributed by atoms with van der Waals surface area (Å²) < 4.78 is 5.06. The standard InChI is InChI=1S/C13H20O3/c1-3-5-9-13(12(15)16-4-2)10-7-6-8-11(13)14/h3H,1,4-10H2,2H3. The first kappa shape index (κ1) is 12.9. The highest BCUT2D eigenvalue weighted by Crippen LogP contribution is 2.38. The number of rotatable bonds is 5. The molecule has 3 heteroatoms. The van der Waals surface area contributed by atoms with E-state index in [1.54, 1.807) is 13.0 Å². The van der Waals surface area contributed by atoms with Gasteiger partial charge >= 0.3 is 5.97 Å². The molecule has 0 aromatic rings. The minimum atomic E-state index is -0.873. The lowest BCUT2D eigenvalue weighted by Gasteiger charge is -2.33. The fourth-order valence-electron chi connectivity index (χ4n) is 2.29. The Labute approximate surface area is 96.9 Å². The van der Waals surface area contributed by atoms with E-state index in [2.05, 4.69) is 6.58 Å². The predicted octanol–water partition coefficient (Wildman–Crippen LogP) is 2.65. The number of Topliss-reactive ketones (excluding diaryl/α,β-unsaturated/α-hetero) is 1. The van der Waals surface area contributed by atoms with Crippen LogP contribution in [0, 0.1) is 5.41 Å². The molecule has 0 N–H and O–H groups in total. The van der Waals surface area contributed by atoms with Gasteiger partial charge in [-0.15, -0.1) is 6.58 Å². The topological polar surface area (TPSA) is 43.4 Å². The van der Waals surface area contributed by atoms with Gasteiger partial charge in [-0.25, -0.2) is 0 Å². The van der Waals surface area contributed by atoms with Crippen molar-refractivity contribution in [2.24, 2.45) is 5.41 Å². The van der Waals surface area contributed by atoms with E-state index in [0.29, 0.717) is 32.3 Å². The Balaban J connectivity index is 2.85. The lowest BCUT2D eigenvalue weighted by Crippen LogP contribution is -2.42. The van der Waals surface area contributed by atoms with Crippen molar-refractivity contribution in [2.75, 3.05) is 6.61 Å². The number of ketones is 1. The second-order valence-electron chi connectivity index (χ2n) is 4.26. The summed E-state index contributed by atoms with van der Waals surface area (Å²) in [5.41, 5.74) is -0.873. The molecule has 1 saturated carbocycles. The molecule has 1 unspecified atom stereocenters. The number of allylic oxidation sites excluding steroid dienone is 1. The Kier molecular flexibility index (Phi) is 4.71. The monoisotopic (exact) mass is 224 g/mol. The number of carbonyl (C=O) groups is 2. The largest absolute Gasteiger partial charge is 0.465 e. The van der Waals surface area contributed by atoms with Crippen LogP contribution in [0.5, 0.6) is 0 Å². The molecule has 16 heavy (non-hydrogen) atoms. The van der Waals surface area contributed by atoms with Crippen molar-refractivity contribution in [1.82, 2.24) is 0 Å². The summed E-state index contributed by atoms with van der Waals surface area (Å²) in [4.78, 5) is 24.0. The summed E-state index contributed by atoms with van der Waals surface area (Å²) in [7, 11) is 0. The summed E-state index contributed by atoms with van der Waals surface area (Å²) in [5.74, 6) is -0.277. The third kappa shape index (κ3) is 2.52. The van der Waals surface area contributed by atoms with E-state index in [9.17, 15) is 9.59 Å². The maximum atomic E-state index is 12.0. The van der Waals surface area contributed by atoms with Gasteiger partial charge in [0.05, 0.1) is 6.61 Å². The summed E-state index contributed by atoms with van der Waals surface area (Å²) in [5, 5.41) is 0. The van der Waals surface area contributed by atoms with Gasteiger partial charge in [0, 0.05) is 6.42 Å². The van der Waals surface area contributed by atoms with Crippen molar-refractivity contribution in [3.05, 3.63) is 12.7 Å². The quantitative estimate of drug-likeness (QED) is 0.409. The van der Waals surface area contributed by atoms with Crippen LogP contribution in [0.4, 0.5) is 0 Å². The van der Waals surface area contributed by atoms with Gasteiger partial charge in [-0.3, -0.25) is 9.59 Å². The molecule has 1 atom stereocenters. The number of hydrogen-bond acceptors (Lipinski definition) is 3. The van der Waals surface area contributed by atoms with Gasteiger partial charge in [0.15, 0.2) is 0 Å². The van der Waals surface area contributed by atoms with Crippen LogP contribution in [-0.4, -0.2) is 18.4 Å². The van der Waals surface area contributed by atoms with Crippen molar-refractivity contribution in [1.29, 1.82) is 0 Å². The van der Waals surface area contributed by atoms with E-state index in [-0.39, 0.29) is 11.8 Å². The summed E-state index contributed by atoms with van der Waals surface area (Å²) >= 11 is 0. The molecule has 0 spiro atoms. The smallest absolute Gasteiger partial charge is 0.319 e. The number of carbonyl (C=O) groups excluding carboxylic acids is 2. The third-order valence-corrected chi connectivity index (χ3v) is 3.23. The second-order valence-corrected chi connectivity index (χ2v) is 4.26. The fraction of sp³-hybridized carbons (Fsp3) is 0.692. The Hall–Kier alpha value is -1.12. The summed E-state index contributed by atoms with van der Waals surface area (Å²) in [6.45, 7) is 5.75. The Morgan fingerprint density at radius 1 is 1.56 bits per heavy atom. The van der Waals surface area contributed by atoms with Crippen molar-refractivity contribution in [2.45, 2.75) is 45.4 Å². The number of ether oxygens (including phenoxy) is 1. The molecule has 1 aliphatic carbocycles. The SMILES string of the molecule is C=CCCC1(C(=O)OCC)CCCCC1=O. The first-order valence-corrected chi connectivity index (χ1v) is 5.99. The summed E-state index contributed by atoms with van der Waals surface area (Å²) in [6, 6.07) is 0. The zero-order chi connectivity index (χ0) is 12.0. The fourth-order valence-corrected chi connectivity index (χ4v) is 2.29. The maximum Gasteiger partial charge on any atom is 0.319 e. The number of esters is 1. The predicted molar refractivity (Wildman–Crippen MR) is 62.0 cm³/mol. The highest BCUT2D eigenvalue weighted by molar-refractivity contribution is 6.04. The van der Waals surface area contributed by atoms with Gasteiger partial charge in [0.2, 0.25) is 0 Å². The van der Waals surface area contributed by atoms with Gasteiger partial charge < -0.3 is 4.74 Å². The molecule has 0 radical (unpaired) electrons. The Morgan fingerprint density at radius 2 is 2.31 bits per heavy atom. The van der Waals surface area contributed by atoms with E-state index < -0.39 is 5.41 Å². The minimum Gasteiger partial charge on any atom is -0.465 e. The summed E-state index contributed by atoms with van der Waals surface area (Å²) in [6.07, 6.45) is 5.96. The van der Waals surface area contributed by atoms with Crippen LogP contribution >= 0.6 is 0 Å². The van der Waals surface area contributed by atoms with Gasteiger partial charge in [-0.05, 0) is 32.6 Å². The molecule has 0 saturated heterocycles. The average Bonchev–Trinajstić information content (AvgIpc) is 2.28. The first-order chi connectivity index (χ1) is 7.67. The van der Waals surface area contributed by atoms with Gasteiger partial charge in [-0.1, -0.05) is 12.5 Å². The van der Waals surface area contributed by atoms with Crippen LogP contribution in [0.2, 0.25) is 0 Å². The van der Waals surface area contributed by atoms with Crippen molar-refractivity contribution >= 4 is 11.8 Å². The van der Waals surface area contributed by atoms with Crippen molar-refractivity contribution in [3.63, 3.8) is 0 Å². The molecular weight excluding hydrogens is 204 g/mol. The highest BCUT2D eigenvalue weighted by atomic mass is 16.5. The van der Waals surface area contributed by atoms with Crippen molar-refractivity contribution in [3.8, 4) is 0 Å². The van der Waals surface area contributed by atoms with Crippen LogP contribution in [-0.2, 0) is 14.3 Å². The lowest BCUT2D eigenvalue weighted by molar-refractivity contribution is -0.162. The molecule has 1 rings (SSSR count). The molecule has 0 bridgehead atoms. The van der Waals surface area contributed by atoms with Gasteiger partial charge in [-0.2, -0.15) is 0 Å². The Morgan fingerprint density at radius 3 is 2.88 bits per heavy atom. The van der Waals surface area contributed by atoms with Crippen LogP contribution in [0.3, 0.4) is 0 Å². The lowest BCUT2D eigenvalue weighted by atomic mass is 9.70. The number of hydrogen-bond donors (Lipinski definition) is 0.